The number of amides is 1. The van der Waals surface area contributed by atoms with Gasteiger partial charge in [-0.15, -0.1) is 0 Å². The van der Waals surface area contributed by atoms with Crippen LogP contribution in [0.15, 0.2) is 24.3 Å². The molecule has 2 N–H and O–H groups in total. The molecule has 0 aliphatic carbocycles. The van der Waals surface area contributed by atoms with Crippen LogP contribution in [-0.2, 0) is 9.59 Å². The van der Waals surface area contributed by atoms with E-state index >= 15 is 0 Å². The fourth-order valence-electron chi connectivity index (χ4n) is 2.35. The molecular formula is C16H23NO3. The van der Waals surface area contributed by atoms with Crippen LogP contribution in [0.4, 0.5) is 0 Å². The molecule has 1 aromatic carbocycles. The highest BCUT2D eigenvalue weighted by Crippen LogP contribution is 2.25. The lowest BCUT2D eigenvalue weighted by molar-refractivity contribution is -0.139. The summed E-state index contributed by atoms with van der Waals surface area (Å²) >= 11 is 0. The minimum Gasteiger partial charge on any atom is -0.481 e. The Balaban J connectivity index is 2.63. The number of hydrogen-bond acceptors (Lipinski definition) is 2. The number of rotatable bonds is 6. The first kappa shape index (κ1) is 16.2. The summed E-state index contributed by atoms with van der Waals surface area (Å²) in [4.78, 5) is 22.8. The molecule has 0 saturated heterocycles. The molecule has 0 bridgehead atoms. The van der Waals surface area contributed by atoms with Gasteiger partial charge in [-0.05, 0) is 30.4 Å². The van der Waals surface area contributed by atoms with Gasteiger partial charge in [0.25, 0.3) is 0 Å². The van der Waals surface area contributed by atoms with Crippen LogP contribution >= 0.6 is 0 Å². The Labute approximate surface area is 120 Å². The molecular weight excluding hydrogens is 254 g/mol. The molecule has 0 radical (unpaired) electrons. The van der Waals surface area contributed by atoms with Crippen LogP contribution in [0.25, 0.3) is 0 Å². The first-order valence-electron chi connectivity index (χ1n) is 6.78. The first-order valence-corrected chi connectivity index (χ1v) is 6.78. The first-order chi connectivity index (χ1) is 9.21. The molecule has 4 heteroatoms. The lowest BCUT2D eigenvalue weighted by atomic mass is 9.85. The second-order valence-corrected chi connectivity index (χ2v) is 6.06. The Morgan fingerprint density at radius 3 is 2.40 bits per heavy atom. The predicted molar refractivity (Wildman–Crippen MR) is 78.4 cm³/mol. The normalized spacial score (nSPS) is 12.8. The summed E-state index contributed by atoms with van der Waals surface area (Å²) in [7, 11) is 0. The van der Waals surface area contributed by atoms with E-state index in [0.717, 1.165) is 11.1 Å². The Kier molecular flexibility index (Phi) is 5.31. The van der Waals surface area contributed by atoms with Crippen molar-refractivity contribution in [2.45, 2.75) is 46.6 Å². The van der Waals surface area contributed by atoms with Gasteiger partial charge in [0.05, 0.1) is 12.5 Å². The number of carbonyl (C=O) groups is 2. The average molecular weight is 277 g/mol. The van der Waals surface area contributed by atoms with Gasteiger partial charge in [-0.1, -0.05) is 38.1 Å². The Morgan fingerprint density at radius 2 is 1.85 bits per heavy atom. The highest BCUT2D eigenvalue weighted by Gasteiger charge is 2.26. The predicted octanol–water partition coefficient (Wildman–Crippen LogP) is 3.06. The summed E-state index contributed by atoms with van der Waals surface area (Å²) in [5, 5.41) is 11.8. The van der Waals surface area contributed by atoms with Gasteiger partial charge in [0.15, 0.2) is 0 Å². The molecule has 0 spiro atoms. The molecule has 4 nitrogen and oxygen atoms in total. The molecule has 0 aliphatic rings. The van der Waals surface area contributed by atoms with Crippen molar-refractivity contribution in [2.24, 2.45) is 5.41 Å². The fourth-order valence-corrected chi connectivity index (χ4v) is 2.35. The molecule has 1 amide bonds. The van der Waals surface area contributed by atoms with E-state index in [1.807, 2.05) is 38.1 Å². The summed E-state index contributed by atoms with van der Waals surface area (Å²) in [5.41, 5.74) is 1.67. The van der Waals surface area contributed by atoms with Gasteiger partial charge < -0.3 is 10.4 Å². The highest BCUT2D eigenvalue weighted by molar-refractivity contribution is 5.78. The SMILES string of the molecule is Cc1ccccc1C(C)NC(=O)CC(C)(C)CC(=O)O. The van der Waals surface area contributed by atoms with Gasteiger partial charge in [-0.2, -0.15) is 0 Å². The second kappa shape index (κ2) is 6.55. The van der Waals surface area contributed by atoms with Crippen molar-refractivity contribution < 1.29 is 14.7 Å². The zero-order valence-corrected chi connectivity index (χ0v) is 12.6. The van der Waals surface area contributed by atoms with Crippen molar-refractivity contribution in [3.05, 3.63) is 35.4 Å². The third-order valence-electron chi connectivity index (χ3n) is 3.30. The van der Waals surface area contributed by atoms with E-state index in [4.69, 9.17) is 5.11 Å². The van der Waals surface area contributed by atoms with Crippen molar-refractivity contribution in [1.29, 1.82) is 0 Å². The van der Waals surface area contributed by atoms with E-state index in [1.54, 1.807) is 13.8 Å². The number of benzene rings is 1. The zero-order valence-electron chi connectivity index (χ0n) is 12.6. The number of carbonyl (C=O) groups excluding carboxylic acids is 1. The monoisotopic (exact) mass is 277 g/mol. The number of nitrogens with one attached hydrogen (secondary N) is 1. The van der Waals surface area contributed by atoms with Crippen molar-refractivity contribution in [1.82, 2.24) is 5.32 Å². The van der Waals surface area contributed by atoms with E-state index in [2.05, 4.69) is 5.32 Å². The number of aryl methyl sites for hydroxylation is 1. The van der Waals surface area contributed by atoms with Crippen LogP contribution in [0.5, 0.6) is 0 Å². The van der Waals surface area contributed by atoms with Gasteiger partial charge in [0, 0.05) is 6.42 Å². The summed E-state index contributed by atoms with van der Waals surface area (Å²) in [5.74, 6) is -0.998. The van der Waals surface area contributed by atoms with Gasteiger partial charge in [0.2, 0.25) is 5.91 Å². The minimum atomic E-state index is -0.880. The van der Waals surface area contributed by atoms with E-state index < -0.39 is 11.4 Å². The van der Waals surface area contributed by atoms with Crippen LogP contribution in [0, 0.1) is 12.3 Å². The number of carboxylic acids is 1. The largest absolute Gasteiger partial charge is 0.481 e. The van der Waals surface area contributed by atoms with E-state index in [1.165, 1.54) is 0 Å². The van der Waals surface area contributed by atoms with Crippen molar-refractivity contribution in [2.75, 3.05) is 0 Å². The molecule has 1 unspecified atom stereocenters. The molecule has 0 saturated carbocycles. The molecule has 20 heavy (non-hydrogen) atoms. The lowest BCUT2D eigenvalue weighted by Crippen LogP contribution is -2.32. The third kappa shape index (κ3) is 5.03. The maximum absolute atomic E-state index is 12.0. The van der Waals surface area contributed by atoms with Crippen LogP contribution in [-0.4, -0.2) is 17.0 Å². The van der Waals surface area contributed by atoms with Gasteiger partial charge >= 0.3 is 5.97 Å². The van der Waals surface area contributed by atoms with E-state index in [0.29, 0.717) is 0 Å². The summed E-state index contributed by atoms with van der Waals surface area (Å²) < 4.78 is 0. The lowest BCUT2D eigenvalue weighted by Gasteiger charge is -2.23. The van der Waals surface area contributed by atoms with Crippen molar-refractivity contribution in [3.63, 3.8) is 0 Å². The van der Waals surface area contributed by atoms with Gasteiger partial charge in [-0.25, -0.2) is 0 Å². The smallest absolute Gasteiger partial charge is 0.303 e. The van der Waals surface area contributed by atoms with Crippen molar-refractivity contribution >= 4 is 11.9 Å². The molecule has 0 aromatic heterocycles. The van der Waals surface area contributed by atoms with E-state index in [-0.39, 0.29) is 24.8 Å². The standard InChI is InChI=1S/C16H23NO3/c1-11-7-5-6-8-13(11)12(2)17-14(18)9-16(3,4)10-15(19)20/h5-8,12H,9-10H2,1-4H3,(H,17,18)(H,19,20). The molecule has 1 rings (SSSR count). The molecule has 110 valence electrons. The van der Waals surface area contributed by atoms with Crippen LogP contribution in [0.3, 0.4) is 0 Å². The van der Waals surface area contributed by atoms with Gasteiger partial charge in [-0.3, -0.25) is 9.59 Å². The van der Waals surface area contributed by atoms with Gasteiger partial charge in [0.1, 0.15) is 0 Å². The third-order valence-corrected chi connectivity index (χ3v) is 3.30. The van der Waals surface area contributed by atoms with Crippen molar-refractivity contribution in [3.8, 4) is 0 Å². The van der Waals surface area contributed by atoms with Crippen LogP contribution < -0.4 is 5.32 Å². The number of hydrogen-bond donors (Lipinski definition) is 2. The Bertz CT molecular complexity index is 494. The minimum absolute atomic E-state index is 0.0147. The quantitative estimate of drug-likeness (QED) is 0.839. The topological polar surface area (TPSA) is 66.4 Å². The number of aliphatic carboxylic acids is 1. The fraction of sp³-hybridized carbons (Fsp3) is 0.500. The Morgan fingerprint density at radius 1 is 1.25 bits per heavy atom. The highest BCUT2D eigenvalue weighted by atomic mass is 16.4. The molecule has 0 heterocycles. The van der Waals surface area contributed by atoms with E-state index in [9.17, 15) is 9.59 Å². The number of carboxylic acid groups (broad SMARTS) is 1. The maximum atomic E-state index is 12.0. The average Bonchev–Trinajstić information content (AvgIpc) is 2.25. The molecule has 0 fully saturated rings. The summed E-state index contributed by atoms with van der Waals surface area (Å²) in [6.45, 7) is 7.52. The Hall–Kier alpha value is -1.84. The zero-order chi connectivity index (χ0) is 15.3. The molecule has 1 atom stereocenters. The molecule has 1 aromatic rings. The summed E-state index contributed by atoms with van der Waals surface area (Å²) in [6, 6.07) is 7.82. The van der Waals surface area contributed by atoms with Crippen LogP contribution in [0.2, 0.25) is 0 Å². The second-order valence-electron chi connectivity index (χ2n) is 6.06. The maximum Gasteiger partial charge on any atom is 0.303 e. The molecule has 0 aliphatic heterocycles. The summed E-state index contributed by atoms with van der Waals surface area (Å²) in [6.07, 6.45) is 0.189. The van der Waals surface area contributed by atoms with Crippen LogP contribution in [0.1, 0.15) is 50.8 Å².